The summed E-state index contributed by atoms with van der Waals surface area (Å²) in [5, 5.41) is 5.20. The molecular formula is C17H30N2S. The second-order valence-electron chi connectivity index (χ2n) is 6.40. The van der Waals surface area contributed by atoms with Crippen LogP contribution in [-0.2, 0) is 5.54 Å². The van der Waals surface area contributed by atoms with Crippen molar-refractivity contribution in [3.8, 4) is 0 Å². The summed E-state index contributed by atoms with van der Waals surface area (Å²) in [5.41, 5.74) is 1.39. The SMILES string of the molecule is CCCNC1(c2nc(C)c(C)s2)CCC(CCC)CC1. The highest BCUT2D eigenvalue weighted by atomic mass is 32.1. The molecule has 0 bridgehead atoms. The second kappa shape index (κ2) is 7.04. The van der Waals surface area contributed by atoms with Crippen molar-refractivity contribution < 1.29 is 0 Å². The highest BCUT2D eigenvalue weighted by Gasteiger charge is 2.38. The van der Waals surface area contributed by atoms with Gasteiger partial charge in [0.2, 0.25) is 0 Å². The first kappa shape index (κ1) is 16.0. The quantitative estimate of drug-likeness (QED) is 0.803. The fourth-order valence-electron chi connectivity index (χ4n) is 3.38. The van der Waals surface area contributed by atoms with Gasteiger partial charge in [-0.3, -0.25) is 0 Å². The van der Waals surface area contributed by atoms with Crippen molar-refractivity contribution in [2.75, 3.05) is 6.54 Å². The molecule has 1 aliphatic rings. The van der Waals surface area contributed by atoms with Gasteiger partial charge in [0.15, 0.2) is 0 Å². The van der Waals surface area contributed by atoms with E-state index in [4.69, 9.17) is 4.98 Å². The van der Waals surface area contributed by atoms with E-state index in [2.05, 4.69) is 33.0 Å². The Balaban J connectivity index is 2.15. The first-order valence-corrected chi connectivity index (χ1v) is 9.12. The summed E-state index contributed by atoms with van der Waals surface area (Å²) in [4.78, 5) is 6.27. The van der Waals surface area contributed by atoms with Gasteiger partial charge in [-0.25, -0.2) is 4.98 Å². The number of aromatic nitrogens is 1. The summed E-state index contributed by atoms with van der Waals surface area (Å²) in [6.07, 6.45) is 9.19. The minimum atomic E-state index is 0.171. The van der Waals surface area contributed by atoms with E-state index in [9.17, 15) is 0 Å². The zero-order chi connectivity index (χ0) is 14.6. The van der Waals surface area contributed by atoms with Gasteiger partial charge in [0.05, 0.1) is 11.2 Å². The maximum Gasteiger partial charge on any atom is 0.113 e. The van der Waals surface area contributed by atoms with Gasteiger partial charge in [-0.1, -0.05) is 26.7 Å². The van der Waals surface area contributed by atoms with Crippen LogP contribution in [0.1, 0.15) is 74.4 Å². The largest absolute Gasteiger partial charge is 0.305 e. The van der Waals surface area contributed by atoms with Crippen molar-refractivity contribution in [1.29, 1.82) is 0 Å². The summed E-state index contributed by atoms with van der Waals surface area (Å²) in [5.74, 6) is 0.943. The Bertz CT molecular complexity index is 397. The van der Waals surface area contributed by atoms with E-state index in [0.29, 0.717) is 0 Å². The molecule has 3 heteroatoms. The molecule has 0 unspecified atom stereocenters. The van der Waals surface area contributed by atoms with Crippen LogP contribution >= 0.6 is 11.3 Å². The van der Waals surface area contributed by atoms with Crippen LogP contribution in [0.25, 0.3) is 0 Å². The lowest BCUT2D eigenvalue weighted by atomic mass is 9.75. The van der Waals surface area contributed by atoms with Gasteiger partial charge < -0.3 is 5.32 Å². The molecule has 1 aromatic rings. The summed E-state index contributed by atoms with van der Waals surface area (Å²) in [7, 11) is 0. The predicted octanol–water partition coefficient (Wildman–Crippen LogP) is 4.95. The van der Waals surface area contributed by atoms with Crippen LogP contribution < -0.4 is 5.32 Å². The zero-order valence-electron chi connectivity index (χ0n) is 13.6. The van der Waals surface area contributed by atoms with E-state index in [-0.39, 0.29) is 5.54 Å². The molecule has 1 fully saturated rings. The first-order chi connectivity index (χ1) is 9.61. The van der Waals surface area contributed by atoms with Crippen LogP contribution in [-0.4, -0.2) is 11.5 Å². The Morgan fingerprint density at radius 1 is 1.20 bits per heavy atom. The van der Waals surface area contributed by atoms with E-state index in [1.165, 1.54) is 60.5 Å². The van der Waals surface area contributed by atoms with Crippen molar-refractivity contribution in [3.05, 3.63) is 15.6 Å². The number of rotatable bonds is 6. The lowest BCUT2D eigenvalue weighted by molar-refractivity contribution is 0.181. The molecule has 1 saturated carbocycles. The van der Waals surface area contributed by atoms with Crippen LogP contribution in [0, 0.1) is 19.8 Å². The summed E-state index contributed by atoms with van der Waals surface area (Å²) in [6.45, 7) is 10.0. The van der Waals surface area contributed by atoms with Crippen LogP contribution in [0.3, 0.4) is 0 Å². The van der Waals surface area contributed by atoms with Crippen LogP contribution in [0.5, 0.6) is 0 Å². The average Bonchev–Trinajstić information content (AvgIpc) is 2.79. The molecule has 114 valence electrons. The third kappa shape index (κ3) is 3.43. The van der Waals surface area contributed by atoms with Crippen LogP contribution in [0.2, 0.25) is 0 Å². The van der Waals surface area contributed by atoms with E-state index in [0.717, 1.165) is 12.5 Å². The molecule has 1 heterocycles. The number of hydrogen-bond donors (Lipinski definition) is 1. The van der Waals surface area contributed by atoms with E-state index in [1.807, 2.05) is 11.3 Å². The molecule has 0 aromatic carbocycles. The minimum absolute atomic E-state index is 0.171. The molecule has 0 atom stereocenters. The summed E-state index contributed by atoms with van der Waals surface area (Å²) >= 11 is 1.91. The number of hydrogen-bond acceptors (Lipinski definition) is 3. The fraction of sp³-hybridized carbons (Fsp3) is 0.824. The fourth-order valence-corrected chi connectivity index (χ4v) is 4.51. The molecule has 20 heavy (non-hydrogen) atoms. The molecule has 0 spiro atoms. The van der Waals surface area contributed by atoms with Gasteiger partial charge in [-0.2, -0.15) is 0 Å². The molecule has 1 aliphatic carbocycles. The topological polar surface area (TPSA) is 24.9 Å². The Morgan fingerprint density at radius 2 is 1.90 bits per heavy atom. The average molecular weight is 295 g/mol. The van der Waals surface area contributed by atoms with E-state index in [1.54, 1.807) is 0 Å². The van der Waals surface area contributed by atoms with Gasteiger partial charge in [-0.15, -0.1) is 11.3 Å². The summed E-state index contributed by atoms with van der Waals surface area (Å²) in [6, 6.07) is 0. The molecule has 0 amide bonds. The summed E-state index contributed by atoms with van der Waals surface area (Å²) < 4.78 is 0. The molecule has 2 rings (SSSR count). The molecular weight excluding hydrogens is 264 g/mol. The molecule has 0 aliphatic heterocycles. The van der Waals surface area contributed by atoms with Gasteiger partial charge in [0, 0.05) is 4.88 Å². The number of nitrogens with one attached hydrogen (secondary N) is 1. The zero-order valence-corrected chi connectivity index (χ0v) is 14.4. The Morgan fingerprint density at radius 3 is 2.40 bits per heavy atom. The molecule has 1 aromatic heterocycles. The molecule has 2 nitrogen and oxygen atoms in total. The van der Waals surface area contributed by atoms with Crippen molar-refractivity contribution in [2.45, 2.75) is 78.2 Å². The first-order valence-electron chi connectivity index (χ1n) is 8.31. The Kier molecular flexibility index (Phi) is 5.62. The number of thiazole rings is 1. The highest BCUT2D eigenvalue weighted by molar-refractivity contribution is 7.11. The second-order valence-corrected chi connectivity index (χ2v) is 7.60. The normalized spacial score (nSPS) is 26.9. The van der Waals surface area contributed by atoms with Crippen molar-refractivity contribution >= 4 is 11.3 Å². The smallest absolute Gasteiger partial charge is 0.113 e. The van der Waals surface area contributed by atoms with Crippen LogP contribution in [0.4, 0.5) is 0 Å². The maximum absolute atomic E-state index is 4.89. The molecule has 1 N–H and O–H groups in total. The lowest BCUT2D eigenvalue weighted by Gasteiger charge is -2.40. The predicted molar refractivity (Wildman–Crippen MR) is 88.4 cm³/mol. The molecule has 0 saturated heterocycles. The standard InChI is InChI=1S/C17H30N2S/c1-5-7-15-8-10-17(11-9-15,18-12-6-2)16-19-13(3)14(4)20-16/h15,18H,5-12H2,1-4H3. The van der Waals surface area contributed by atoms with Crippen molar-refractivity contribution in [3.63, 3.8) is 0 Å². The number of aryl methyl sites for hydroxylation is 2. The third-order valence-corrected chi connectivity index (χ3v) is 6.08. The maximum atomic E-state index is 4.89. The van der Waals surface area contributed by atoms with Crippen molar-refractivity contribution in [1.82, 2.24) is 10.3 Å². The lowest BCUT2D eigenvalue weighted by Crippen LogP contribution is -2.45. The number of nitrogens with zero attached hydrogens (tertiary/aromatic N) is 1. The van der Waals surface area contributed by atoms with Gasteiger partial charge >= 0.3 is 0 Å². The van der Waals surface area contributed by atoms with Gasteiger partial charge in [0.25, 0.3) is 0 Å². The highest BCUT2D eigenvalue weighted by Crippen LogP contribution is 2.42. The monoisotopic (exact) mass is 294 g/mol. The Labute approximate surface area is 128 Å². The molecule has 0 radical (unpaired) electrons. The van der Waals surface area contributed by atoms with Gasteiger partial charge in [0.1, 0.15) is 5.01 Å². The third-order valence-electron chi connectivity index (χ3n) is 4.81. The van der Waals surface area contributed by atoms with Crippen molar-refractivity contribution in [2.24, 2.45) is 5.92 Å². The van der Waals surface area contributed by atoms with E-state index < -0.39 is 0 Å². The van der Waals surface area contributed by atoms with E-state index >= 15 is 0 Å². The van der Waals surface area contributed by atoms with Gasteiger partial charge in [-0.05, 0) is 58.4 Å². The van der Waals surface area contributed by atoms with Crippen LogP contribution in [0.15, 0.2) is 0 Å². The minimum Gasteiger partial charge on any atom is -0.305 e. The Hall–Kier alpha value is -0.410.